The van der Waals surface area contributed by atoms with E-state index in [0.29, 0.717) is 5.92 Å². The van der Waals surface area contributed by atoms with Gasteiger partial charge in [-0.05, 0) is 30.5 Å². The van der Waals surface area contributed by atoms with Crippen molar-refractivity contribution in [3.63, 3.8) is 0 Å². The Hall–Kier alpha value is -1.02. The summed E-state index contributed by atoms with van der Waals surface area (Å²) in [6.07, 6.45) is 0.151. The highest BCUT2D eigenvalue weighted by Crippen LogP contribution is 2.18. The Bertz CT molecular complexity index is 266. The van der Waals surface area contributed by atoms with Gasteiger partial charge in [0.15, 0.2) is 0 Å². The summed E-state index contributed by atoms with van der Waals surface area (Å²) in [5.74, 6) is 0.575. The minimum Gasteiger partial charge on any atom is -0.399 e. The fraction of sp³-hybridized carbons (Fsp3) is 0.500. The van der Waals surface area contributed by atoms with Crippen molar-refractivity contribution in [2.75, 3.05) is 12.3 Å². The van der Waals surface area contributed by atoms with E-state index in [1.165, 1.54) is 5.56 Å². The van der Waals surface area contributed by atoms with Crippen molar-refractivity contribution >= 4 is 5.69 Å². The number of hydrogen-bond donors (Lipinski definition) is 1. The molecule has 2 heteroatoms. The molecule has 78 valence electrons. The molecule has 0 saturated heterocycles. The highest BCUT2D eigenvalue weighted by molar-refractivity contribution is 5.39. The molecule has 0 aliphatic rings. The summed E-state index contributed by atoms with van der Waals surface area (Å²) >= 11 is 0. The van der Waals surface area contributed by atoms with Crippen molar-refractivity contribution in [1.29, 1.82) is 0 Å². The predicted molar refractivity (Wildman–Crippen MR) is 60.1 cm³/mol. The molecule has 1 aromatic rings. The van der Waals surface area contributed by atoms with Gasteiger partial charge in [-0.3, -0.25) is 0 Å². The zero-order valence-corrected chi connectivity index (χ0v) is 9.16. The number of rotatable bonds is 4. The quantitative estimate of drug-likeness (QED) is 0.746. The van der Waals surface area contributed by atoms with Crippen LogP contribution in [0, 0.1) is 5.92 Å². The number of nitrogen functional groups attached to an aromatic ring is 1. The van der Waals surface area contributed by atoms with Crippen LogP contribution in [0.3, 0.4) is 0 Å². The molecule has 0 heterocycles. The largest absolute Gasteiger partial charge is 0.399 e. The highest BCUT2D eigenvalue weighted by Gasteiger charge is 2.05. The number of ether oxygens (including phenoxy) is 1. The maximum Gasteiger partial charge on any atom is 0.0796 e. The third-order valence-electron chi connectivity index (χ3n) is 2.09. The zero-order valence-electron chi connectivity index (χ0n) is 9.16. The Kier molecular flexibility index (Phi) is 3.96. The van der Waals surface area contributed by atoms with E-state index in [4.69, 9.17) is 10.5 Å². The van der Waals surface area contributed by atoms with E-state index in [-0.39, 0.29) is 6.10 Å². The number of nitrogens with two attached hydrogens (primary N) is 1. The Morgan fingerprint density at radius 3 is 2.21 bits per heavy atom. The minimum absolute atomic E-state index is 0.151. The molecule has 0 aliphatic carbocycles. The SMILES string of the molecule is CC(C)COC(C)c1ccc(N)cc1. The second-order valence-corrected chi connectivity index (χ2v) is 4.04. The first-order valence-corrected chi connectivity index (χ1v) is 5.06. The number of hydrogen-bond acceptors (Lipinski definition) is 2. The topological polar surface area (TPSA) is 35.2 Å². The molecule has 0 saturated carbocycles. The highest BCUT2D eigenvalue weighted by atomic mass is 16.5. The van der Waals surface area contributed by atoms with E-state index in [1.807, 2.05) is 24.3 Å². The Balaban J connectivity index is 2.52. The maximum atomic E-state index is 5.69. The van der Waals surface area contributed by atoms with Crippen LogP contribution < -0.4 is 5.73 Å². The Labute approximate surface area is 86.1 Å². The maximum absolute atomic E-state index is 5.69. The van der Waals surface area contributed by atoms with Gasteiger partial charge in [0, 0.05) is 12.3 Å². The van der Waals surface area contributed by atoms with E-state index >= 15 is 0 Å². The van der Waals surface area contributed by atoms with Crippen molar-refractivity contribution < 1.29 is 4.74 Å². The lowest BCUT2D eigenvalue weighted by atomic mass is 10.1. The lowest BCUT2D eigenvalue weighted by Crippen LogP contribution is -2.06. The summed E-state index contributed by atoms with van der Waals surface area (Å²) in [7, 11) is 0. The fourth-order valence-corrected chi connectivity index (χ4v) is 1.20. The van der Waals surface area contributed by atoms with Gasteiger partial charge in [-0.25, -0.2) is 0 Å². The van der Waals surface area contributed by atoms with E-state index < -0.39 is 0 Å². The second-order valence-electron chi connectivity index (χ2n) is 4.04. The monoisotopic (exact) mass is 193 g/mol. The minimum atomic E-state index is 0.151. The lowest BCUT2D eigenvalue weighted by Gasteiger charge is -2.15. The summed E-state index contributed by atoms with van der Waals surface area (Å²) in [6.45, 7) is 7.16. The zero-order chi connectivity index (χ0) is 10.6. The summed E-state index contributed by atoms with van der Waals surface area (Å²) in [6, 6.07) is 7.84. The van der Waals surface area contributed by atoms with Crippen LogP contribution in [-0.2, 0) is 4.74 Å². The lowest BCUT2D eigenvalue weighted by molar-refractivity contribution is 0.0470. The number of anilines is 1. The van der Waals surface area contributed by atoms with Crippen LogP contribution in [0.15, 0.2) is 24.3 Å². The molecule has 0 fully saturated rings. The van der Waals surface area contributed by atoms with E-state index in [2.05, 4.69) is 20.8 Å². The normalized spacial score (nSPS) is 13.1. The van der Waals surface area contributed by atoms with Crippen LogP contribution in [0.2, 0.25) is 0 Å². The molecule has 1 rings (SSSR count). The molecule has 0 bridgehead atoms. The average Bonchev–Trinajstić information content (AvgIpc) is 2.15. The molecule has 0 spiro atoms. The smallest absolute Gasteiger partial charge is 0.0796 e. The van der Waals surface area contributed by atoms with Crippen LogP contribution in [0.1, 0.15) is 32.4 Å². The van der Waals surface area contributed by atoms with Crippen LogP contribution >= 0.6 is 0 Å². The molecule has 1 atom stereocenters. The summed E-state index contributed by atoms with van der Waals surface area (Å²) in [4.78, 5) is 0. The van der Waals surface area contributed by atoms with Crippen molar-refractivity contribution in [3.05, 3.63) is 29.8 Å². The molecule has 1 aromatic carbocycles. The fourth-order valence-electron chi connectivity index (χ4n) is 1.20. The predicted octanol–water partition coefficient (Wildman–Crippen LogP) is 3.00. The first-order chi connectivity index (χ1) is 6.59. The molecule has 0 aromatic heterocycles. The molecule has 0 aliphatic heterocycles. The van der Waals surface area contributed by atoms with Gasteiger partial charge >= 0.3 is 0 Å². The van der Waals surface area contributed by atoms with E-state index in [1.54, 1.807) is 0 Å². The van der Waals surface area contributed by atoms with Crippen LogP contribution in [-0.4, -0.2) is 6.61 Å². The third kappa shape index (κ3) is 3.38. The second kappa shape index (κ2) is 5.01. The van der Waals surface area contributed by atoms with Gasteiger partial charge in [0.2, 0.25) is 0 Å². The molecular weight excluding hydrogens is 174 g/mol. The molecule has 0 amide bonds. The van der Waals surface area contributed by atoms with Gasteiger partial charge < -0.3 is 10.5 Å². The van der Waals surface area contributed by atoms with Crippen molar-refractivity contribution in [2.45, 2.75) is 26.9 Å². The van der Waals surface area contributed by atoms with Gasteiger partial charge in [0.1, 0.15) is 0 Å². The third-order valence-corrected chi connectivity index (χ3v) is 2.09. The number of benzene rings is 1. The van der Waals surface area contributed by atoms with Crippen molar-refractivity contribution in [1.82, 2.24) is 0 Å². The van der Waals surface area contributed by atoms with Crippen LogP contribution in [0.5, 0.6) is 0 Å². The molecule has 1 unspecified atom stereocenters. The Morgan fingerprint density at radius 2 is 1.71 bits per heavy atom. The molecule has 0 radical (unpaired) electrons. The van der Waals surface area contributed by atoms with Crippen molar-refractivity contribution in [3.8, 4) is 0 Å². The first-order valence-electron chi connectivity index (χ1n) is 5.06. The summed E-state index contributed by atoms with van der Waals surface area (Å²) < 4.78 is 5.69. The molecular formula is C12H19NO. The van der Waals surface area contributed by atoms with E-state index in [0.717, 1.165) is 12.3 Å². The Morgan fingerprint density at radius 1 is 1.14 bits per heavy atom. The first kappa shape index (κ1) is 11.1. The molecule has 2 nitrogen and oxygen atoms in total. The average molecular weight is 193 g/mol. The molecule has 2 N–H and O–H groups in total. The summed E-state index contributed by atoms with van der Waals surface area (Å²) in [5.41, 5.74) is 7.58. The van der Waals surface area contributed by atoms with Gasteiger partial charge in [0.25, 0.3) is 0 Å². The van der Waals surface area contributed by atoms with Crippen molar-refractivity contribution in [2.24, 2.45) is 5.92 Å². The molecule has 14 heavy (non-hydrogen) atoms. The van der Waals surface area contributed by atoms with Crippen LogP contribution in [0.25, 0.3) is 0 Å². The van der Waals surface area contributed by atoms with Gasteiger partial charge in [0.05, 0.1) is 6.10 Å². The van der Waals surface area contributed by atoms with Gasteiger partial charge in [-0.15, -0.1) is 0 Å². The van der Waals surface area contributed by atoms with Gasteiger partial charge in [-0.2, -0.15) is 0 Å². The van der Waals surface area contributed by atoms with E-state index in [9.17, 15) is 0 Å². The van der Waals surface area contributed by atoms with Gasteiger partial charge in [-0.1, -0.05) is 26.0 Å². The summed E-state index contributed by atoms with van der Waals surface area (Å²) in [5, 5.41) is 0. The standard InChI is InChI=1S/C12H19NO/c1-9(2)8-14-10(3)11-4-6-12(13)7-5-11/h4-7,9-10H,8,13H2,1-3H3. The van der Waals surface area contributed by atoms with Crippen LogP contribution in [0.4, 0.5) is 5.69 Å².